The minimum Gasteiger partial charge on any atom is -0.366 e. The van der Waals surface area contributed by atoms with Crippen LogP contribution < -0.4 is 5.32 Å². The summed E-state index contributed by atoms with van der Waals surface area (Å²) in [6.45, 7) is 11.1. The number of carbonyl (C=O) groups is 1. The van der Waals surface area contributed by atoms with Crippen LogP contribution in [-0.4, -0.2) is 58.4 Å². The number of rotatable bonds is 5. The molecule has 3 rings (SSSR count). The summed E-state index contributed by atoms with van der Waals surface area (Å²) < 4.78 is 0. The highest BCUT2D eigenvalue weighted by Gasteiger charge is 2.23. The van der Waals surface area contributed by atoms with Crippen molar-refractivity contribution < 1.29 is 4.79 Å². The van der Waals surface area contributed by atoms with Crippen molar-refractivity contribution in [3.05, 3.63) is 53.0 Å². The van der Waals surface area contributed by atoms with Gasteiger partial charge in [0.25, 0.3) is 5.91 Å². The molecule has 26 heavy (non-hydrogen) atoms. The first kappa shape index (κ1) is 18.3. The zero-order valence-corrected chi connectivity index (χ0v) is 15.8. The molecule has 0 bridgehead atoms. The van der Waals surface area contributed by atoms with Crippen molar-refractivity contribution in [3.8, 4) is 0 Å². The fraction of sp³-hybridized carbons (Fsp3) is 0.450. The summed E-state index contributed by atoms with van der Waals surface area (Å²) in [5.41, 5.74) is 2.91. The molecule has 6 nitrogen and oxygen atoms in total. The smallest absolute Gasteiger partial charge is 0.272 e. The molecule has 0 spiro atoms. The van der Waals surface area contributed by atoms with E-state index in [0.29, 0.717) is 23.9 Å². The second kappa shape index (κ2) is 8.27. The average molecular weight is 353 g/mol. The first-order valence-corrected chi connectivity index (χ1v) is 9.22. The van der Waals surface area contributed by atoms with E-state index in [-0.39, 0.29) is 5.91 Å². The maximum Gasteiger partial charge on any atom is 0.272 e. The Bertz CT molecular complexity index is 769. The van der Waals surface area contributed by atoms with Gasteiger partial charge < -0.3 is 15.1 Å². The second-order valence-electron chi connectivity index (χ2n) is 6.69. The van der Waals surface area contributed by atoms with Crippen LogP contribution >= 0.6 is 0 Å². The van der Waals surface area contributed by atoms with Gasteiger partial charge in [-0.3, -0.25) is 4.79 Å². The van der Waals surface area contributed by atoms with Crippen molar-refractivity contribution in [1.29, 1.82) is 0 Å². The minimum atomic E-state index is -0.00908. The minimum absolute atomic E-state index is 0.00908. The molecule has 1 N–H and O–H groups in total. The van der Waals surface area contributed by atoms with Crippen LogP contribution in [0.4, 0.5) is 5.82 Å². The summed E-state index contributed by atoms with van der Waals surface area (Å²) in [5.74, 6) is 1.29. The van der Waals surface area contributed by atoms with E-state index in [1.807, 2.05) is 24.0 Å². The molecule has 1 aromatic heterocycles. The molecule has 1 saturated heterocycles. The maximum absolute atomic E-state index is 12.8. The highest BCUT2D eigenvalue weighted by Crippen LogP contribution is 2.14. The van der Waals surface area contributed by atoms with Gasteiger partial charge in [0.05, 0.1) is 0 Å². The van der Waals surface area contributed by atoms with E-state index in [0.717, 1.165) is 32.7 Å². The molecular weight excluding hydrogens is 326 g/mol. The maximum atomic E-state index is 12.8. The van der Waals surface area contributed by atoms with Gasteiger partial charge in [-0.15, -0.1) is 0 Å². The highest BCUT2D eigenvalue weighted by atomic mass is 16.2. The Hall–Kier alpha value is -2.47. The molecule has 0 radical (unpaired) electrons. The lowest BCUT2D eigenvalue weighted by Gasteiger charge is -2.33. The zero-order valence-electron chi connectivity index (χ0n) is 15.8. The number of aryl methyl sites for hydroxylation is 2. The standard InChI is InChI=1S/C20H27N5O/c1-4-24-9-11-25(12-10-24)20(26)18-13-19(23-16(3)22-18)21-14-17-8-6-5-7-15(17)2/h5-8,13H,4,9-12,14H2,1-3H3,(H,21,22,23). The van der Waals surface area contributed by atoms with Crippen molar-refractivity contribution >= 4 is 11.7 Å². The fourth-order valence-electron chi connectivity index (χ4n) is 3.19. The Morgan fingerprint density at radius 2 is 1.85 bits per heavy atom. The third-order valence-electron chi connectivity index (χ3n) is 4.88. The number of nitrogens with zero attached hydrogens (tertiary/aromatic N) is 4. The van der Waals surface area contributed by atoms with Crippen LogP contribution in [0.3, 0.4) is 0 Å². The summed E-state index contributed by atoms with van der Waals surface area (Å²) in [6, 6.07) is 10.0. The summed E-state index contributed by atoms with van der Waals surface area (Å²) in [6.07, 6.45) is 0. The van der Waals surface area contributed by atoms with Crippen molar-refractivity contribution in [2.75, 3.05) is 38.0 Å². The number of benzene rings is 1. The molecule has 2 aromatic rings. The van der Waals surface area contributed by atoms with Crippen molar-refractivity contribution in [2.24, 2.45) is 0 Å². The third kappa shape index (κ3) is 4.38. The van der Waals surface area contributed by atoms with Gasteiger partial charge in [0.1, 0.15) is 17.3 Å². The number of amides is 1. The molecule has 6 heteroatoms. The number of anilines is 1. The number of piperazine rings is 1. The lowest BCUT2D eigenvalue weighted by atomic mass is 10.1. The van der Waals surface area contributed by atoms with Crippen LogP contribution in [0.1, 0.15) is 34.4 Å². The average Bonchev–Trinajstić information content (AvgIpc) is 2.66. The molecule has 1 fully saturated rings. The third-order valence-corrected chi connectivity index (χ3v) is 4.88. The molecule has 0 atom stereocenters. The van der Waals surface area contributed by atoms with Crippen LogP contribution in [0.5, 0.6) is 0 Å². The van der Waals surface area contributed by atoms with Gasteiger partial charge in [-0.2, -0.15) is 0 Å². The van der Waals surface area contributed by atoms with Gasteiger partial charge in [0.15, 0.2) is 0 Å². The predicted octanol–water partition coefficient (Wildman–Crippen LogP) is 2.48. The van der Waals surface area contributed by atoms with Gasteiger partial charge in [0, 0.05) is 38.8 Å². The highest BCUT2D eigenvalue weighted by molar-refractivity contribution is 5.93. The molecule has 1 aliphatic rings. The van der Waals surface area contributed by atoms with Crippen molar-refractivity contribution in [1.82, 2.24) is 19.8 Å². The Morgan fingerprint density at radius 3 is 2.54 bits per heavy atom. The molecular formula is C20H27N5O. The van der Waals surface area contributed by atoms with Crippen molar-refractivity contribution in [2.45, 2.75) is 27.3 Å². The van der Waals surface area contributed by atoms with Crippen LogP contribution in [0.2, 0.25) is 0 Å². The number of hydrogen-bond donors (Lipinski definition) is 1. The van der Waals surface area contributed by atoms with Crippen LogP contribution in [0.15, 0.2) is 30.3 Å². The first-order valence-electron chi connectivity index (χ1n) is 9.22. The molecule has 2 heterocycles. The summed E-state index contributed by atoms with van der Waals surface area (Å²) in [5, 5.41) is 3.33. The van der Waals surface area contributed by atoms with Gasteiger partial charge in [0.2, 0.25) is 0 Å². The quantitative estimate of drug-likeness (QED) is 0.895. The van der Waals surface area contributed by atoms with E-state index >= 15 is 0 Å². The SMILES string of the molecule is CCN1CCN(C(=O)c2cc(NCc3ccccc3C)nc(C)n2)CC1. The molecule has 0 unspecified atom stereocenters. The molecule has 0 aliphatic carbocycles. The monoisotopic (exact) mass is 353 g/mol. The number of nitrogens with one attached hydrogen (secondary N) is 1. The van der Waals surface area contributed by atoms with Gasteiger partial charge in [-0.05, 0) is 31.5 Å². The van der Waals surface area contributed by atoms with Crippen molar-refractivity contribution in [3.63, 3.8) is 0 Å². The van der Waals surface area contributed by atoms with E-state index in [1.54, 1.807) is 6.07 Å². The van der Waals surface area contributed by atoms with E-state index < -0.39 is 0 Å². The normalized spacial score (nSPS) is 15.1. The van der Waals surface area contributed by atoms with Crippen LogP contribution in [-0.2, 0) is 6.54 Å². The molecule has 138 valence electrons. The van der Waals surface area contributed by atoms with E-state index in [2.05, 4.69) is 46.2 Å². The summed E-state index contributed by atoms with van der Waals surface area (Å²) >= 11 is 0. The number of aromatic nitrogens is 2. The van der Waals surface area contributed by atoms with Crippen LogP contribution in [0, 0.1) is 13.8 Å². The lowest BCUT2D eigenvalue weighted by molar-refractivity contribution is 0.0637. The van der Waals surface area contributed by atoms with Crippen LogP contribution in [0.25, 0.3) is 0 Å². The van der Waals surface area contributed by atoms with E-state index in [1.165, 1.54) is 11.1 Å². The fourth-order valence-corrected chi connectivity index (χ4v) is 3.19. The lowest BCUT2D eigenvalue weighted by Crippen LogP contribution is -2.48. The second-order valence-corrected chi connectivity index (χ2v) is 6.69. The largest absolute Gasteiger partial charge is 0.366 e. The predicted molar refractivity (Wildman–Crippen MR) is 103 cm³/mol. The zero-order chi connectivity index (χ0) is 18.5. The van der Waals surface area contributed by atoms with E-state index in [9.17, 15) is 4.79 Å². The van der Waals surface area contributed by atoms with Gasteiger partial charge in [-0.1, -0.05) is 31.2 Å². The number of carbonyl (C=O) groups excluding carboxylic acids is 1. The Morgan fingerprint density at radius 1 is 1.12 bits per heavy atom. The molecule has 1 amide bonds. The summed E-state index contributed by atoms with van der Waals surface area (Å²) in [4.78, 5) is 25.9. The summed E-state index contributed by atoms with van der Waals surface area (Å²) in [7, 11) is 0. The van der Waals surface area contributed by atoms with E-state index in [4.69, 9.17) is 0 Å². The number of likely N-dealkylation sites (N-methyl/N-ethyl adjacent to an activating group) is 1. The van der Waals surface area contributed by atoms with Gasteiger partial charge >= 0.3 is 0 Å². The Kier molecular flexibility index (Phi) is 5.83. The van der Waals surface area contributed by atoms with Gasteiger partial charge in [-0.25, -0.2) is 9.97 Å². The Labute approximate surface area is 155 Å². The number of hydrogen-bond acceptors (Lipinski definition) is 5. The topological polar surface area (TPSA) is 61.4 Å². The molecule has 1 aromatic carbocycles. The first-order chi connectivity index (χ1) is 12.6. The molecule has 0 saturated carbocycles. The molecule has 1 aliphatic heterocycles. The Balaban J connectivity index is 1.69.